The lowest BCUT2D eigenvalue weighted by molar-refractivity contribution is 0.0230. The van der Waals surface area contributed by atoms with Gasteiger partial charge in [-0.05, 0) is 18.4 Å². The molecule has 1 unspecified atom stereocenters. The SMILES string of the molecule is CCC(O)(CCc1nccn1C)c1ccccc1. The zero-order valence-corrected chi connectivity index (χ0v) is 11.0. The van der Waals surface area contributed by atoms with Crippen LogP contribution in [0.3, 0.4) is 0 Å². The van der Waals surface area contributed by atoms with Crippen molar-refractivity contribution < 1.29 is 5.11 Å². The second-order valence-electron chi connectivity index (χ2n) is 4.71. The van der Waals surface area contributed by atoms with Crippen molar-refractivity contribution in [1.29, 1.82) is 0 Å². The van der Waals surface area contributed by atoms with Gasteiger partial charge in [-0.3, -0.25) is 0 Å². The summed E-state index contributed by atoms with van der Waals surface area (Å²) in [5.41, 5.74) is 0.231. The molecule has 3 heteroatoms. The fraction of sp³-hybridized carbons (Fsp3) is 0.400. The van der Waals surface area contributed by atoms with Crippen molar-refractivity contribution in [3.8, 4) is 0 Å². The average molecular weight is 244 g/mol. The van der Waals surface area contributed by atoms with Crippen LogP contribution in [0.5, 0.6) is 0 Å². The monoisotopic (exact) mass is 244 g/mol. The minimum absolute atomic E-state index is 0.693. The number of nitrogens with zero attached hydrogens (tertiary/aromatic N) is 2. The molecule has 18 heavy (non-hydrogen) atoms. The van der Waals surface area contributed by atoms with E-state index in [2.05, 4.69) is 4.98 Å². The summed E-state index contributed by atoms with van der Waals surface area (Å²) in [6.45, 7) is 2.02. The molecule has 1 N–H and O–H groups in total. The van der Waals surface area contributed by atoms with E-state index in [0.717, 1.165) is 17.8 Å². The lowest BCUT2D eigenvalue weighted by Crippen LogP contribution is -2.25. The number of imidazole rings is 1. The van der Waals surface area contributed by atoms with E-state index >= 15 is 0 Å². The molecule has 0 saturated carbocycles. The highest BCUT2D eigenvalue weighted by molar-refractivity contribution is 5.22. The van der Waals surface area contributed by atoms with Crippen LogP contribution in [0.25, 0.3) is 0 Å². The van der Waals surface area contributed by atoms with Gasteiger partial charge in [0.05, 0.1) is 5.60 Å². The van der Waals surface area contributed by atoms with Gasteiger partial charge in [0.2, 0.25) is 0 Å². The predicted octanol–water partition coefficient (Wildman–Crippen LogP) is 2.65. The van der Waals surface area contributed by atoms with Crippen molar-refractivity contribution in [3.05, 3.63) is 54.1 Å². The predicted molar refractivity (Wildman–Crippen MR) is 72.2 cm³/mol. The molecule has 1 atom stereocenters. The maximum atomic E-state index is 10.7. The fourth-order valence-electron chi connectivity index (χ4n) is 2.23. The van der Waals surface area contributed by atoms with Gasteiger partial charge in [-0.2, -0.15) is 0 Å². The summed E-state index contributed by atoms with van der Waals surface area (Å²) in [6.07, 6.45) is 5.91. The Bertz CT molecular complexity index is 492. The number of aromatic nitrogens is 2. The Hall–Kier alpha value is -1.61. The summed E-state index contributed by atoms with van der Waals surface area (Å²) in [7, 11) is 1.98. The van der Waals surface area contributed by atoms with Crippen molar-refractivity contribution in [2.45, 2.75) is 31.8 Å². The first kappa shape index (κ1) is 12.8. The highest BCUT2D eigenvalue weighted by Crippen LogP contribution is 2.29. The molecule has 0 aliphatic rings. The lowest BCUT2D eigenvalue weighted by atomic mass is 9.86. The van der Waals surface area contributed by atoms with E-state index < -0.39 is 5.60 Å². The smallest absolute Gasteiger partial charge is 0.108 e. The maximum Gasteiger partial charge on any atom is 0.108 e. The second-order valence-corrected chi connectivity index (χ2v) is 4.71. The van der Waals surface area contributed by atoms with E-state index in [1.807, 2.05) is 55.1 Å². The molecule has 96 valence electrons. The van der Waals surface area contributed by atoms with Gasteiger partial charge in [0.25, 0.3) is 0 Å². The van der Waals surface area contributed by atoms with E-state index in [9.17, 15) is 5.11 Å². The van der Waals surface area contributed by atoms with Crippen molar-refractivity contribution in [2.24, 2.45) is 7.05 Å². The molecule has 0 amide bonds. The molecule has 3 nitrogen and oxygen atoms in total. The van der Waals surface area contributed by atoms with Gasteiger partial charge in [-0.1, -0.05) is 37.3 Å². The number of hydrogen-bond acceptors (Lipinski definition) is 2. The Balaban J connectivity index is 2.12. The molecule has 0 aliphatic heterocycles. The van der Waals surface area contributed by atoms with Crippen LogP contribution in [0.4, 0.5) is 0 Å². The first-order valence-corrected chi connectivity index (χ1v) is 6.40. The highest BCUT2D eigenvalue weighted by Gasteiger charge is 2.26. The average Bonchev–Trinajstić information content (AvgIpc) is 2.83. The molecular formula is C15H20N2O. The minimum atomic E-state index is -0.757. The van der Waals surface area contributed by atoms with Crippen LogP contribution in [-0.2, 0) is 19.1 Å². The lowest BCUT2D eigenvalue weighted by Gasteiger charge is -2.27. The van der Waals surface area contributed by atoms with Crippen LogP contribution in [-0.4, -0.2) is 14.7 Å². The number of aliphatic hydroxyl groups is 1. The van der Waals surface area contributed by atoms with Crippen LogP contribution in [0.1, 0.15) is 31.2 Å². The first-order chi connectivity index (χ1) is 8.65. The molecule has 2 aromatic rings. The Morgan fingerprint density at radius 2 is 2.00 bits per heavy atom. The topological polar surface area (TPSA) is 38.1 Å². The summed E-state index contributed by atoms with van der Waals surface area (Å²) in [6, 6.07) is 9.88. The van der Waals surface area contributed by atoms with Crippen molar-refractivity contribution >= 4 is 0 Å². The molecule has 0 spiro atoms. The number of rotatable bonds is 5. The van der Waals surface area contributed by atoms with E-state index in [4.69, 9.17) is 0 Å². The van der Waals surface area contributed by atoms with E-state index in [0.29, 0.717) is 12.8 Å². The van der Waals surface area contributed by atoms with Crippen LogP contribution in [0, 0.1) is 0 Å². The van der Waals surface area contributed by atoms with Gasteiger partial charge in [0, 0.05) is 25.9 Å². The molecule has 2 rings (SSSR count). The summed E-state index contributed by atoms with van der Waals surface area (Å²) in [5, 5.41) is 10.7. The summed E-state index contributed by atoms with van der Waals surface area (Å²) < 4.78 is 2.00. The van der Waals surface area contributed by atoms with Gasteiger partial charge in [-0.25, -0.2) is 4.98 Å². The van der Waals surface area contributed by atoms with E-state index in [-0.39, 0.29) is 0 Å². The molecule has 0 saturated heterocycles. The summed E-state index contributed by atoms with van der Waals surface area (Å²) in [4.78, 5) is 4.30. The van der Waals surface area contributed by atoms with E-state index in [1.165, 1.54) is 0 Å². The largest absolute Gasteiger partial charge is 0.385 e. The van der Waals surface area contributed by atoms with Crippen molar-refractivity contribution in [3.63, 3.8) is 0 Å². The Labute approximate surface area is 108 Å². The van der Waals surface area contributed by atoms with Crippen LogP contribution in [0.15, 0.2) is 42.7 Å². The molecule has 1 aromatic carbocycles. The normalized spacial score (nSPS) is 14.4. The standard InChI is InChI=1S/C15H20N2O/c1-3-15(18,13-7-5-4-6-8-13)10-9-14-16-11-12-17(14)2/h4-8,11-12,18H,3,9-10H2,1-2H3. The summed E-state index contributed by atoms with van der Waals surface area (Å²) >= 11 is 0. The zero-order valence-electron chi connectivity index (χ0n) is 11.0. The van der Waals surface area contributed by atoms with Crippen LogP contribution < -0.4 is 0 Å². The van der Waals surface area contributed by atoms with Gasteiger partial charge in [-0.15, -0.1) is 0 Å². The number of hydrogen-bond donors (Lipinski definition) is 1. The third-order valence-corrected chi connectivity index (χ3v) is 3.58. The minimum Gasteiger partial charge on any atom is -0.385 e. The van der Waals surface area contributed by atoms with E-state index in [1.54, 1.807) is 6.20 Å². The van der Waals surface area contributed by atoms with Crippen molar-refractivity contribution in [2.75, 3.05) is 0 Å². The third-order valence-electron chi connectivity index (χ3n) is 3.58. The van der Waals surface area contributed by atoms with Gasteiger partial charge >= 0.3 is 0 Å². The van der Waals surface area contributed by atoms with Crippen LogP contribution in [0.2, 0.25) is 0 Å². The molecule has 1 aromatic heterocycles. The molecule has 0 fully saturated rings. The fourth-order valence-corrected chi connectivity index (χ4v) is 2.23. The summed E-state index contributed by atoms with van der Waals surface area (Å²) in [5.74, 6) is 1.01. The van der Waals surface area contributed by atoms with Gasteiger partial charge in [0.15, 0.2) is 0 Å². The third kappa shape index (κ3) is 2.62. The number of benzene rings is 1. The molecule has 0 aliphatic carbocycles. The quantitative estimate of drug-likeness (QED) is 0.878. The molecule has 0 bridgehead atoms. The van der Waals surface area contributed by atoms with Crippen LogP contribution >= 0.6 is 0 Å². The number of aryl methyl sites for hydroxylation is 2. The molecular weight excluding hydrogens is 224 g/mol. The van der Waals surface area contributed by atoms with Crippen molar-refractivity contribution in [1.82, 2.24) is 9.55 Å². The first-order valence-electron chi connectivity index (χ1n) is 6.40. The maximum absolute atomic E-state index is 10.7. The second kappa shape index (κ2) is 5.36. The Morgan fingerprint density at radius 1 is 1.28 bits per heavy atom. The Kier molecular flexibility index (Phi) is 3.82. The molecule has 1 heterocycles. The highest BCUT2D eigenvalue weighted by atomic mass is 16.3. The van der Waals surface area contributed by atoms with Gasteiger partial charge < -0.3 is 9.67 Å². The van der Waals surface area contributed by atoms with Gasteiger partial charge in [0.1, 0.15) is 5.82 Å². The molecule has 0 radical (unpaired) electrons. The Morgan fingerprint density at radius 3 is 2.56 bits per heavy atom. The zero-order chi connectivity index (χ0) is 13.0.